The van der Waals surface area contributed by atoms with Gasteiger partial charge in [0.15, 0.2) is 11.6 Å². The van der Waals surface area contributed by atoms with E-state index in [2.05, 4.69) is 4.98 Å². The Morgan fingerprint density at radius 2 is 2.15 bits per heavy atom. The number of aromatic nitrogens is 1. The van der Waals surface area contributed by atoms with Gasteiger partial charge in [-0.25, -0.2) is 13.8 Å². The molecule has 2 rings (SSSR count). The number of nitrogens with zero attached hydrogens (tertiary/aromatic N) is 2. The Labute approximate surface area is 74.2 Å². The summed E-state index contributed by atoms with van der Waals surface area (Å²) in [5.74, 6) is -1.11. The second-order valence-corrected chi connectivity index (χ2v) is 3.12. The van der Waals surface area contributed by atoms with E-state index in [0.717, 1.165) is 12.3 Å². The summed E-state index contributed by atoms with van der Waals surface area (Å²) >= 11 is 0. The summed E-state index contributed by atoms with van der Waals surface area (Å²) < 4.78 is 25.5. The van der Waals surface area contributed by atoms with Crippen LogP contribution in [0.1, 0.15) is 0 Å². The minimum absolute atomic E-state index is 0.0752. The first-order valence-electron chi connectivity index (χ1n) is 3.98. The summed E-state index contributed by atoms with van der Waals surface area (Å²) in [5, 5.41) is 0. The van der Waals surface area contributed by atoms with E-state index in [4.69, 9.17) is 5.73 Å². The van der Waals surface area contributed by atoms with Gasteiger partial charge < -0.3 is 10.6 Å². The largest absolute Gasteiger partial charge is 0.351 e. The predicted octanol–water partition coefficient (Wildman–Crippen LogP) is 0.507. The molecule has 0 amide bonds. The van der Waals surface area contributed by atoms with Crippen LogP contribution in [-0.2, 0) is 0 Å². The molecule has 2 N–H and O–H groups in total. The Balaban J connectivity index is 2.21. The molecule has 13 heavy (non-hydrogen) atoms. The van der Waals surface area contributed by atoms with Crippen molar-refractivity contribution in [1.29, 1.82) is 0 Å². The highest BCUT2D eigenvalue weighted by molar-refractivity contribution is 5.43. The second kappa shape index (κ2) is 2.92. The van der Waals surface area contributed by atoms with Gasteiger partial charge in [0.25, 0.3) is 0 Å². The summed E-state index contributed by atoms with van der Waals surface area (Å²) in [4.78, 5) is 5.33. The monoisotopic (exact) mass is 185 g/mol. The summed E-state index contributed by atoms with van der Waals surface area (Å²) in [6, 6.07) is 0.901. The normalized spacial score (nSPS) is 17.3. The van der Waals surface area contributed by atoms with Crippen LogP contribution in [0, 0.1) is 11.6 Å². The molecule has 0 atom stereocenters. The quantitative estimate of drug-likeness (QED) is 0.693. The van der Waals surface area contributed by atoms with Crippen LogP contribution in [0.3, 0.4) is 0 Å². The zero-order chi connectivity index (χ0) is 9.42. The van der Waals surface area contributed by atoms with Gasteiger partial charge in [0.2, 0.25) is 0 Å². The van der Waals surface area contributed by atoms with Gasteiger partial charge >= 0.3 is 0 Å². The molecule has 1 aromatic heterocycles. The van der Waals surface area contributed by atoms with Gasteiger partial charge in [0, 0.05) is 25.2 Å². The highest BCUT2D eigenvalue weighted by atomic mass is 19.1. The first-order valence-corrected chi connectivity index (χ1v) is 3.98. The lowest BCUT2D eigenvalue weighted by Gasteiger charge is -2.37. The molecule has 70 valence electrons. The molecule has 3 nitrogen and oxygen atoms in total. The number of hydrogen-bond donors (Lipinski definition) is 1. The molecule has 0 aliphatic carbocycles. The molecule has 1 fully saturated rings. The van der Waals surface area contributed by atoms with E-state index in [1.54, 1.807) is 4.90 Å². The molecule has 1 aromatic rings. The smallest absolute Gasteiger partial charge is 0.168 e. The van der Waals surface area contributed by atoms with E-state index in [-0.39, 0.29) is 11.9 Å². The van der Waals surface area contributed by atoms with Crippen molar-refractivity contribution in [3.05, 3.63) is 23.9 Å². The van der Waals surface area contributed by atoms with Gasteiger partial charge in [-0.3, -0.25) is 0 Å². The van der Waals surface area contributed by atoms with Crippen LogP contribution in [0.4, 0.5) is 14.6 Å². The van der Waals surface area contributed by atoms with Crippen molar-refractivity contribution in [1.82, 2.24) is 4.98 Å². The Hall–Kier alpha value is -1.23. The third-order valence-electron chi connectivity index (χ3n) is 2.00. The Bertz CT molecular complexity index is 323. The van der Waals surface area contributed by atoms with Crippen molar-refractivity contribution in [2.75, 3.05) is 18.0 Å². The lowest BCUT2D eigenvalue weighted by molar-refractivity contribution is 0.493. The molecule has 0 aromatic carbocycles. The first-order chi connectivity index (χ1) is 6.16. The lowest BCUT2D eigenvalue weighted by Crippen LogP contribution is -2.56. The fourth-order valence-electron chi connectivity index (χ4n) is 1.33. The molecular formula is C8H9F2N3. The third-order valence-corrected chi connectivity index (χ3v) is 2.00. The molecule has 2 heterocycles. The van der Waals surface area contributed by atoms with E-state index in [1.807, 2.05) is 0 Å². The maximum Gasteiger partial charge on any atom is 0.168 e. The highest BCUT2D eigenvalue weighted by Crippen LogP contribution is 2.20. The summed E-state index contributed by atoms with van der Waals surface area (Å²) in [5.41, 5.74) is 5.52. The summed E-state index contributed by atoms with van der Waals surface area (Å²) in [6.45, 7) is 1.16. The molecular weight excluding hydrogens is 176 g/mol. The van der Waals surface area contributed by atoms with Crippen LogP contribution in [0.25, 0.3) is 0 Å². The first kappa shape index (κ1) is 8.37. The molecule has 0 saturated carbocycles. The number of rotatable bonds is 1. The van der Waals surface area contributed by atoms with Crippen LogP contribution in [0.5, 0.6) is 0 Å². The van der Waals surface area contributed by atoms with Crippen molar-refractivity contribution in [2.24, 2.45) is 5.73 Å². The van der Waals surface area contributed by atoms with Gasteiger partial charge in [0.1, 0.15) is 5.82 Å². The van der Waals surface area contributed by atoms with Gasteiger partial charge in [-0.05, 0) is 0 Å². The Kier molecular flexibility index (Phi) is 1.88. The van der Waals surface area contributed by atoms with E-state index in [9.17, 15) is 8.78 Å². The zero-order valence-electron chi connectivity index (χ0n) is 6.87. The summed E-state index contributed by atoms with van der Waals surface area (Å²) in [7, 11) is 0. The van der Waals surface area contributed by atoms with Crippen molar-refractivity contribution in [3.63, 3.8) is 0 Å². The topological polar surface area (TPSA) is 42.1 Å². The number of pyridine rings is 1. The lowest BCUT2D eigenvalue weighted by atomic mass is 10.1. The molecule has 0 bridgehead atoms. The van der Waals surface area contributed by atoms with Crippen LogP contribution in [0.15, 0.2) is 12.3 Å². The maximum atomic E-state index is 13.1. The minimum atomic E-state index is -0.661. The van der Waals surface area contributed by atoms with Gasteiger partial charge in [-0.15, -0.1) is 0 Å². The maximum absolute atomic E-state index is 13.1. The highest BCUT2D eigenvalue weighted by Gasteiger charge is 2.26. The minimum Gasteiger partial charge on any atom is -0.351 e. The average Bonchev–Trinajstić information content (AvgIpc) is 2.00. The number of anilines is 1. The Morgan fingerprint density at radius 3 is 2.69 bits per heavy atom. The van der Waals surface area contributed by atoms with Crippen LogP contribution in [-0.4, -0.2) is 24.1 Å². The van der Waals surface area contributed by atoms with Gasteiger partial charge in [-0.1, -0.05) is 0 Å². The van der Waals surface area contributed by atoms with E-state index < -0.39 is 11.6 Å². The third kappa shape index (κ3) is 1.47. The van der Waals surface area contributed by atoms with E-state index in [1.165, 1.54) is 0 Å². The van der Waals surface area contributed by atoms with Crippen molar-refractivity contribution in [3.8, 4) is 0 Å². The van der Waals surface area contributed by atoms with Gasteiger partial charge in [-0.2, -0.15) is 0 Å². The standard InChI is InChI=1S/C8H9F2N3/c9-5-1-7(10)8(12-2-5)13-3-6(11)4-13/h1-2,6H,3-4,11H2. The molecule has 1 aliphatic rings. The number of halogens is 2. The molecule has 0 radical (unpaired) electrons. The zero-order valence-corrected chi connectivity index (χ0v) is 6.87. The van der Waals surface area contributed by atoms with Crippen molar-refractivity contribution in [2.45, 2.75) is 6.04 Å². The van der Waals surface area contributed by atoms with E-state index >= 15 is 0 Å². The molecule has 1 saturated heterocycles. The van der Waals surface area contributed by atoms with Crippen LogP contribution < -0.4 is 10.6 Å². The fraction of sp³-hybridized carbons (Fsp3) is 0.375. The second-order valence-electron chi connectivity index (χ2n) is 3.12. The van der Waals surface area contributed by atoms with E-state index in [0.29, 0.717) is 13.1 Å². The van der Waals surface area contributed by atoms with Crippen molar-refractivity contribution >= 4 is 5.82 Å². The van der Waals surface area contributed by atoms with Crippen molar-refractivity contribution < 1.29 is 8.78 Å². The van der Waals surface area contributed by atoms with Crippen LogP contribution in [0.2, 0.25) is 0 Å². The van der Waals surface area contributed by atoms with Crippen LogP contribution >= 0.6 is 0 Å². The average molecular weight is 185 g/mol. The molecule has 0 spiro atoms. The molecule has 0 unspecified atom stereocenters. The summed E-state index contributed by atoms with van der Waals surface area (Å²) in [6.07, 6.45) is 1.00. The SMILES string of the molecule is NC1CN(c2ncc(F)cc2F)C1. The molecule has 5 heteroatoms. The fourth-order valence-corrected chi connectivity index (χ4v) is 1.33. The van der Waals surface area contributed by atoms with Gasteiger partial charge in [0.05, 0.1) is 6.20 Å². The Morgan fingerprint density at radius 1 is 1.46 bits per heavy atom. The number of hydrogen-bond acceptors (Lipinski definition) is 3. The molecule has 1 aliphatic heterocycles. The number of nitrogens with two attached hydrogens (primary N) is 1. The predicted molar refractivity (Wildman–Crippen MR) is 44.3 cm³/mol.